The van der Waals surface area contributed by atoms with Gasteiger partial charge in [-0.2, -0.15) is 9.97 Å². The van der Waals surface area contributed by atoms with Crippen LogP contribution in [0.2, 0.25) is 0 Å². The van der Waals surface area contributed by atoms with E-state index in [-0.39, 0.29) is 40.3 Å². The zero-order valence-electron chi connectivity index (χ0n) is 28.3. The second-order valence-electron chi connectivity index (χ2n) is 14.4. The Bertz CT molecular complexity index is 2020. The van der Waals surface area contributed by atoms with Gasteiger partial charge in [-0.1, -0.05) is 37.1 Å². The Kier molecular flexibility index (Phi) is 8.75. The Morgan fingerprint density at radius 3 is 2.57 bits per heavy atom. The number of anilines is 1. The Morgan fingerprint density at radius 2 is 1.84 bits per heavy atom. The molecule has 268 valence electrons. The molecule has 4 aromatic rings. The number of fused-ring (bicyclic) bond motifs is 3. The minimum Gasteiger partial charge on any atom is -0.463 e. The molecule has 0 radical (unpaired) electrons. The maximum Gasteiger partial charge on any atom is 0.522 e. The van der Waals surface area contributed by atoms with Crippen molar-refractivity contribution in [3.8, 4) is 29.6 Å². The Balaban J connectivity index is 1.16. The molecule has 51 heavy (non-hydrogen) atoms. The smallest absolute Gasteiger partial charge is 0.463 e. The number of halogens is 5. The van der Waals surface area contributed by atoms with Gasteiger partial charge in [-0.3, -0.25) is 4.74 Å². The molecule has 0 unspecified atom stereocenters. The highest BCUT2D eigenvalue weighted by molar-refractivity contribution is 6.02. The van der Waals surface area contributed by atoms with Crippen molar-refractivity contribution in [2.24, 2.45) is 5.41 Å². The van der Waals surface area contributed by atoms with Gasteiger partial charge in [0.05, 0.1) is 29.4 Å². The predicted molar refractivity (Wildman–Crippen MR) is 183 cm³/mol. The third kappa shape index (κ3) is 6.58. The summed E-state index contributed by atoms with van der Waals surface area (Å²) < 4.78 is 80.8. The summed E-state index contributed by atoms with van der Waals surface area (Å²) in [5, 5.41) is 5.26. The van der Waals surface area contributed by atoms with E-state index in [1.54, 1.807) is 24.3 Å². The minimum atomic E-state index is -4.63. The number of nitrogens with one attached hydrogen (secondary N) is 1. The summed E-state index contributed by atoms with van der Waals surface area (Å²) in [5.41, 5.74) is 1.03. The second-order valence-corrected chi connectivity index (χ2v) is 14.4. The van der Waals surface area contributed by atoms with E-state index in [0.29, 0.717) is 85.3 Å². The van der Waals surface area contributed by atoms with Crippen LogP contribution in [0, 0.1) is 29.4 Å². The highest BCUT2D eigenvalue weighted by atomic mass is 19.4. The number of benzene rings is 2. The number of nitrogens with zero attached hydrogens (tertiary/aromatic N) is 5. The quantitative estimate of drug-likeness (QED) is 0.159. The average molecular weight is 707 g/mol. The molecule has 1 aliphatic carbocycles. The fourth-order valence-corrected chi connectivity index (χ4v) is 8.08. The van der Waals surface area contributed by atoms with Crippen molar-refractivity contribution in [3.63, 3.8) is 0 Å². The zero-order valence-corrected chi connectivity index (χ0v) is 28.3. The zero-order chi connectivity index (χ0) is 35.5. The molecule has 3 fully saturated rings. The van der Waals surface area contributed by atoms with Crippen LogP contribution in [0.15, 0.2) is 30.3 Å². The van der Waals surface area contributed by atoms with E-state index in [2.05, 4.69) is 32.7 Å². The fourth-order valence-electron chi connectivity index (χ4n) is 8.08. The number of hydrogen-bond acceptors (Lipinski definition) is 8. The molecule has 0 bridgehead atoms. The first-order chi connectivity index (χ1) is 24.5. The standard InChI is InChI=1S/C38H39F5N6O2/c1-3-23-19-49-24(18-44-23)9-11-29-31-34(32(40)33(45-29)27-7-5-6-22-8-10-28(39)26(4-2)30(22)27)46-36(47-35(31)49)50-21-37(14-15-37)20-48-16-12-25(13-17-48)51-38(41,42)43/h2,5-8,10,23-25,44H,3,9,11-21H2,1H3/t23-,24-/m1/s1. The molecule has 0 spiro atoms. The number of piperidine rings is 1. The maximum absolute atomic E-state index is 17.1. The van der Waals surface area contributed by atoms with Crippen LogP contribution >= 0.6 is 0 Å². The van der Waals surface area contributed by atoms with E-state index in [4.69, 9.17) is 26.1 Å². The predicted octanol–water partition coefficient (Wildman–Crippen LogP) is 6.77. The molecule has 2 aromatic carbocycles. The summed E-state index contributed by atoms with van der Waals surface area (Å²) in [4.78, 5) is 19.0. The van der Waals surface area contributed by atoms with Gasteiger partial charge in [0.15, 0.2) is 5.82 Å². The number of alkyl halides is 3. The average Bonchev–Trinajstić information content (AvgIpc) is 3.91. The van der Waals surface area contributed by atoms with Crippen LogP contribution in [-0.2, 0) is 11.2 Å². The van der Waals surface area contributed by atoms with Crippen molar-refractivity contribution >= 4 is 27.5 Å². The van der Waals surface area contributed by atoms with E-state index >= 15 is 4.39 Å². The number of pyridine rings is 1. The summed E-state index contributed by atoms with van der Waals surface area (Å²) in [6.45, 7) is 5.52. The first-order valence-corrected chi connectivity index (χ1v) is 17.7. The van der Waals surface area contributed by atoms with Crippen molar-refractivity contribution in [3.05, 3.63) is 53.2 Å². The highest BCUT2D eigenvalue weighted by Crippen LogP contribution is 2.47. The summed E-state index contributed by atoms with van der Waals surface area (Å²) in [6.07, 6.45) is 4.95. The third-order valence-corrected chi connectivity index (χ3v) is 11.1. The van der Waals surface area contributed by atoms with Gasteiger partial charge in [0, 0.05) is 61.2 Å². The first-order valence-electron chi connectivity index (χ1n) is 17.7. The fraction of sp³-hybridized carbons (Fsp3) is 0.500. The van der Waals surface area contributed by atoms with Gasteiger partial charge in [-0.25, -0.2) is 13.8 Å². The molecule has 8 rings (SSSR count). The van der Waals surface area contributed by atoms with Crippen LogP contribution in [0.1, 0.15) is 56.7 Å². The number of hydrogen-bond donors (Lipinski definition) is 1. The molecule has 2 saturated heterocycles. The summed E-state index contributed by atoms with van der Waals surface area (Å²) in [5.74, 6) is 1.82. The number of aromatic nitrogens is 3. The van der Waals surface area contributed by atoms with E-state index in [9.17, 15) is 17.6 Å². The molecule has 13 heteroatoms. The van der Waals surface area contributed by atoms with Crippen molar-refractivity contribution in [2.75, 3.05) is 44.2 Å². The molecule has 3 aliphatic heterocycles. The monoisotopic (exact) mass is 706 g/mol. The summed E-state index contributed by atoms with van der Waals surface area (Å²) >= 11 is 0. The number of rotatable bonds is 8. The van der Waals surface area contributed by atoms with E-state index in [1.165, 1.54) is 6.07 Å². The highest BCUT2D eigenvalue weighted by Gasteiger charge is 2.46. The number of piperazine rings is 1. The van der Waals surface area contributed by atoms with Gasteiger partial charge in [0.1, 0.15) is 22.8 Å². The van der Waals surface area contributed by atoms with E-state index in [1.807, 2.05) is 0 Å². The van der Waals surface area contributed by atoms with Crippen molar-refractivity contribution < 1.29 is 31.4 Å². The Hall–Kier alpha value is -4.12. The minimum absolute atomic E-state index is 0.0433. The lowest BCUT2D eigenvalue weighted by Gasteiger charge is -2.40. The number of aryl methyl sites for hydroxylation is 1. The molecule has 8 nitrogen and oxygen atoms in total. The first kappa shape index (κ1) is 34.0. The molecule has 4 aliphatic rings. The van der Waals surface area contributed by atoms with Crippen LogP contribution in [0.3, 0.4) is 0 Å². The van der Waals surface area contributed by atoms with Crippen LogP contribution in [-0.4, -0.2) is 83.7 Å². The van der Waals surface area contributed by atoms with Crippen LogP contribution in [0.5, 0.6) is 6.01 Å². The summed E-state index contributed by atoms with van der Waals surface area (Å²) in [6, 6.07) is 8.60. The van der Waals surface area contributed by atoms with Gasteiger partial charge < -0.3 is 19.9 Å². The number of terminal acetylenes is 1. The molecular formula is C38H39F5N6O2. The Labute approximate surface area is 292 Å². The topological polar surface area (TPSA) is 75.6 Å². The number of likely N-dealkylation sites (tertiary alicyclic amines) is 1. The van der Waals surface area contributed by atoms with Gasteiger partial charge >= 0.3 is 12.4 Å². The van der Waals surface area contributed by atoms with Gasteiger partial charge in [-0.05, 0) is 56.4 Å². The normalized spacial score (nSPS) is 22.1. The molecule has 0 amide bonds. The van der Waals surface area contributed by atoms with Crippen LogP contribution < -0.4 is 15.0 Å². The van der Waals surface area contributed by atoms with E-state index in [0.717, 1.165) is 32.2 Å². The molecular weight excluding hydrogens is 667 g/mol. The lowest BCUT2D eigenvalue weighted by molar-refractivity contribution is -0.345. The molecule has 2 atom stereocenters. The largest absolute Gasteiger partial charge is 0.522 e. The van der Waals surface area contributed by atoms with E-state index < -0.39 is 24.1 Å². The molecule has 1 saturated carbocycles. The van der Waals surface area contributed by atoms with Crippen LogP contribution in [0.4, 0.5) is 27.8 Å². The van der Waals surface area contributed by atoms with Crippen molar-refractivity contribution in [2.45, 2.75) is 76.4 Å². The molecule has 2 aromatic heterocycles. The third-order valence-electron chi connectivity index (χ3n) is 11.1. The van der Waals surface area contributed by atoms with Gasteiger partial charge in [0.25, 0.3) is 0 Å². The second kappa shape index (κ2) is 13.1. The van der Waals surface area contributed by atoms with Gasteiger partial charge in [0.2, 0.25) is 0 Å². The molecule has 5 heterocycles. The van der Waals surface area contributed by atoms with Crippen molar-refractivity contribution in [1.82, 2.24) is 25.2 Å². The van der Waals surface area contributed by atoms with Gasteiger partial charge in [-0.15, -0.1) is 19.6 Å². The Morgan fingerprint density at radius 1 is 1.04 bits per heavy atom. The molecule has 1 N–H and O–H groups in total. The van der Waals surface area contributed by atoms with Crippen molar-refractivity contribution in [1.29, 1.82) is 0 Å². The maximum atomic E-state index is 17.1. The van der Waals surface area contributed by atoms with Crippen LogP contribution in [0.25, 0.3) is 32.9 Å². The SMILES string of the molecule is C#Cc1c(F)ccc2cccc(-c3nc4c5c(nc(OCC6(CN7CCC(OC(F)(F)F)CC7)CC6)nc5c3F)N3C[C@@H](CC)NC[C@H]3CC4)c12. The number of ether oxygens (including phenoxy) is 2. The lowest BCUT2D eigenvalue weighted by atomic mass is 9.95. The summed E-state index contributed by atoms with van der Waals surface area (Å²) in [7, 11) is 0. The lowest BCUT2D eigenvalue weighted by Crippen LogP contribution is -2.56.